The van der Waals surface area contributed by atoms with Gasteiger partial charge < -0.3 is 19.6 Å². The highest BCUT2D eigenvalue weighted by atomic mass is 32.1. The Morgan fingerprint density at radius 2 is 2.10 bits per heavy atom. The number of thiophene rings is 1. The van der Waals surface area contributed by atoms with Gasteiger partial charge in [0.15, 0.2) is 0 Å². The first-order valence-electron chi connectivity index (χ1n) is 10.9. The van der Waals surface area contributed by atoms with Crippen LogP contribution in [0.3, 0.4) is 0 Å². The molecular weight excluding hydrogens is 416 g/mol. The van der Waals surface area contributed by atoms with E-state index in [2.05, 4.69) is 9.88 Å². The number of morpholine rings is 1. The first kappa shape index (κ1) is 22.1. The molecule has 1 atom stereocenters. The van der Waals surface area contributed by atoms with Gasteiger partial charge in [-0.1, -0.05) is 12.5 Å². The van der Waals surface area contributed by atoms with Crippen molar-refractivity contribution in [2.45, 2.75) is 25.4 Å². The lowest BCUT2D eigenvalue weighted by Crippen LogP contribution is -2.47. The molecule has 168 valence electrons. The minimum Gasteiger partial charge on any atom is -0.395 e. The minimum atomic E-state index is -0.376. The van der Waals surface area contributed by atoms with Crippen molar-refractivity contribution in [2.24, 2.45) is 0 Å². The molecule has 31 heavy (non-hydrogen) atoms. The quantitative estimate of drug-likeness (QED) is 0.728. The number of nitrogens with zero attached hydrogens (tertiary/aromatic N) is 4. The highest BCUT2D eigenvalue weighted by Gasteiger charge is 2.33. The Kier molecular flexibility index (Phi) is 7.16. The van der Waals surface area contributed by atoms with Gasteiger partial charge >= 0.3 is 0 Å². The van der Waals surface area contributed by atoms with Gasteiger partial charge in [-0.25, -0.2) is 4.98 Å². The van der Waals surface area contributed by atoms with Crippen molar-refractivity contribution in [3.8, 4) is 0 Å². The lowest BCUT2D eigenvalue weighted by atomic mass is 10.0. The van der Waals surface area contributed by atoms with Crippen molar-refractivity contribution in [1.29, 1.82) is 0 Å². The molecule has 2 amide bonds. The standard InChI is InChI=1S/C22H30N4O4S/c1-24(10-12-27)22(29)20-19(16-6-5-7-23-21(16)31-20)17-14-26(11-13-30-17)18(28)15-25-8-3-2-4-9-25/h5-7,17,27H,2-4,8-15H2,1H3/t17-/m1/s1. The fourth-order valence-electron chi connectivity index (χ4n) is 4.31. The molecule has 4 rings (SSSR count). The van der Waals surface area contributed by atoms with E-state index in [-0.39, 0.29) is 31.1 Å². The van der Waals surface area contributed by atoms with Crippen LogP contribution in [0.25, 0.3) is 10.2 Å². The molecule has 0 unspecified atom stereocenters. The summed E-state index contributed by atoms with van der Waals surface area (Å²) in [5.74, 6) is -0.0365. The summed E-state index contributed by atoms with van der Waals surface area (Å²) in [6.45, 7) is 4.00. The van der Waals surface area contributed by atoms with Gasteiger partial charge in [-0.15, -0.1) is 11.3 Å². The molecule has 9 heteroatoms. The van der Waals surface area contributed by atoms with Crippen LogP contribution in [-0.4, -0.2) is 96.1 Å². The van der Waals surface area contributed by atoms with Crippen LogP contribution in [0, 0.1) is 0 Å². The summed E-state index contributed by atoms with van der Waals surface area (Å²) in [5.41, 5.74) is 0.804. The number of piperidine rings is 1. The number of carbonyl (C=O) groups is 2. The zero-order valence-electron chi connectivity index (χ0n) is 18.0. The Labute approximate surface area is 186 Å². The molecule has 2 aromatic heterocycles. The van der Waals surface area contributed by atoms with Crippen molar-refractivity contribution in [2.75, 3.05) is 59.5 Å². The molecule has 2 saturated heterocycles. The summed E-state index contributed by atoms with van der Waals surface area (Å²) in [6.07, 6.45) is 4.88. The number of carbonyl (C=O) groups excluding carboxylic acids is 2. The van der Waals surface area contributed by atoms with Gasteiger partial charge in [0.1, 0.15) is 15.8 Å². The smallest absolute Gasteiger partial charge is 0.264 e. The molecule has 0 aromatic carbocycles. The van der Waals surface area contributed by atoms with Crippen molar-refractivity contribution < 1.29 is 19.4 Å². The average Bonchev–Trinajstić information content (AvgIpc) is 3.19. The average molecular weight is 447 g/mol. The molecule has 2 aromatic rings. The number of hydrogen-bond acceptors (Lipinski definition) is 7. The van der Waals surface area contributed by atoms with E-state index in [9.17, 15) is 14.7 Å². The molecule has 0 aliphatic carbocycles. The maximum Gasteiger partial charge on any atom is 0.264 e. The zero-order valence-corrected chi connectivity index (χ0v) is 18.8. The fourth-order valence-corrected chi connectivity index (χ4v) is 5.50. The number of aromatic nitrogens is 1. The number of aliphatic hydroxyl groups is 1. The number of rotatable bonds is 6. The predicted octanol–water partition coefficient (Wildman–Crippen LogP) is 1.75. The third-order valence-electron chi connectivity index (χ3n) is 6.03. The normalized spacial score (nSPS) is 20.2. The number of likely N-dealkylation sites (tertiary alicyclic amines) is 1. The Bertz CT molecular complexity index is 927. The number of aliphatic hydroxyl groups excluding tert-OH is 1. The third kappa shape index (κ3) is 4.90. The second-order valence-corrected chi connectivity index (χ2v) is 9.19. The molecule has 2 fully saturated rings. The molecule has 0 bridgehead atoms. The molecule has 2 aliphatic rings. The van der Waals surface area contributed by atoms with Crippen LogP contribution in [0.2, 0.25) is 0 Å². The van der Waals surface area contributed by atoms with E-state index in [0.29, 0.717) is 31.1 Å². The summed E-state index contributed by atoms with van der Waals surface area (Å²) in [4.78, 5) is 37.5. The SMILES string of the molecule is CN(CCO)C(=O)c1sc2ncccc2c1[C@H]1CN(C(=O)CN2CCCCC2)CCO1. The highest BCUT2D eigenvalue weighted by molar-refractivity contribution is 7.20. The number of amides is 2. The van der Waals surface area contributed by atoms with E-state index >= 15 is 0 Å². The fraction of sp³-hybridized carbons (Fsp3) is 0.591. The molecule has 2 aliphatic heterocycles. The summed E-state index contributed by atoms with van der Waals surface area (Å²) >= 11 is 1.34. The van der Waals surface area contributed by atoms with Gasteiger partial charge in [-0.2, -0.15) is 0 Å². The highest BCUT2D eigenvalue weighted by Crippen LogP contribution is 2.38. The molecule has 0 radical (unpaired) electrons. The van der Waals surface area contributed by atoms with E-state index in [1.54, 1.807) is 13.2 Å². The Morgan fingerprint density at radius 1 is 1.29 bits per heavy atom. The summed E-state index contributed by atoms with van der Waals surface area (Å²) in [6, 6.07) is 3.81. The maximum absolute atomic E-state index is 13.1. The number of likely N-dealkylation sites (N-methyl/N-ethyl adjacent to an activating group) is 1. The minimum absolute atomic E-state index is 0.0978. The van der Waals surface area contributed by atoms with Gasteiger partial charge in [-0.3, -0.25) is 14.5 Å². The topological polar surface area (TPSA) is 86.2 Å². The van der Waals surface area contributed by atoms with Crippen LogP contribution in [-0.2, 0) is 9.53 Å². The van der Waals surface area contributed by atoms with Gasteiger partial charge in [0.25, 0.3) is 5.91 Å². The summed E-state index contributed by atoms with van der Waals surface area (Å²) in [5, 5.41) is 10.1. The van der Waals surface area contributed by atoms with Crippen molar-refractivity contribution in [3.63, 3.8) is 0 Å². The monoisotopic (exact) mass is 446 g/mol. The van der Waals surface area contributed by atoms with Crippen LogP contribution in [0.1, 0.15) is 40.6 Å². The molecule has 8 nitrogen and oxygen atoms in total. The van der Waals surface area contributed by atoms with Gasteiger partial charge in [-0.05, 0) is 32.0 Å². The van der Waals surface area contributed by atoms with E-state index in [4.69, 9.17) is 4.74 Å². The number of fused-ring (bicyclic) bond motifs is 1. The van der Waals surface area contributed by atoms with Crippen molar-refractivity contribution in [1.82, 2.24) is 19.7 Å². The maximum atomic E-state index is 13.1. The van der Waals surface area contributed by atoms with E-state index < -0.39 is 0 Å². The molecule has 0 saturated carbocycles. The van der Waals surface area contributed by atoms with Crippen molar-refractivity contribution >= 4 is 33.4 Å². The van der Waals surface area contributed by atoms with Crippen LogP contribution >= 0.6 is 11.3 Å². The number of hydrogen-bond donors (Lipinski definition) is 1. The van der Waals surface area contributed by atoms with Gasteiger partial charge in [0, 0.05) is 37.3 Å². The molecule has 0 spiro atoms. The predicted molar refractivity (Wildman–Crippen MR) is 119 cm³/mol. The molecular formula is C22H30N4O4S. The van der Waals surface area contributed by atoms with E-state index in [1.807, 2.05) is 17.0 Å². The number of ether oxygens (including phenoxy) is 1. The van der Waals surface area contributed by atoms with Crippen LogP contribution in [0.15, 0.2) is 18.3 Å². The Morgan fingerprint density at radius 3 is 2.87 bits per heavy atom. The summed E-state index contributed by atoms with van der Waals surface area (Å²) < 4.78 is 6.08. The zero-order chi connectivity index (χ0) is 21.8. The molecule has 1 N–H and O–H groups in total. The first-order valence-corrected chi connectivity index (χ1v) is 11.8. The van der Waals surface area contributed by atoms with Crippen LogP contribution in [0.4, 0.5) is 0 Å². The Balaban J connectivity index is 1.57. The Hall–Kier alpha value is -2.07. The molecule has 4 heterocycles. The second kappa shape index (κ2) is 10.0. The second-order valence-electron chi connectivity index (χ2n) is 8.19. The number of pyridine rings is 1. The van der Waals surface area contributed by atoms with E-state index in [1.165, 1.54) is 22.7 Å². The lowest BCUT2D eigenvalue weighted by Gasteiger charge is -2.35. The van der Waals surface area contributed by atoms with E-state index in [0.717, 1.165) is 41.7 Å². The van der Waals surface area contributed by atoms with Gasteiger partial charge in [0.2, 0.25) is 5.91 Å². The van der Waals surface area contributed by atoms with Gasteiger partial charge in [0.05, 0.1) is 26.3 Å². The third-order valence-corrected chi connectivity index (χ3v) is 7.15. The first-order chi connectivity index (χ1) is 15.1. The van der Waals surface area contributed by atoms with Crippen molar-refractivity contribution in [3.05, 3.63) is 28.8 Å². The van der Waals surface area contributed by atoms with Crippen LogP contribution < -0.4 is 0 Å². The summed E-state index contributed by atoms with van der Waals surface area (Å²) in [7, 11) is 1.68. The van der Waals surface area contributed by atoms with Crippen LogP contribution in [0.5, 0.6) is 0 Å². The largest absolute Gasteiger partial charge is 0.395 e. The lowest BCUT2D eigenvalue weighted by molar-refractivity contribution is -0.140.